The summed E-state index contributed by atoms with van der Waals surface area (Å²) in [5, 5.41) is 0. The highest BCUT2D eigenvalue weighted by atomic mass is 19.4. The zero-order valence-electron chi connectivity index (χ0n) is 11.2. The van der Waals surface area contributed by atoms with E-state index in [1.54, 1.807) is 0 Å². The van der Waals surface area contributed by atoms with Gasteiger partial charge in [0.25, 0.3) is 0 Å². The van der Waals surface area contributed by atoms with Crippen molar-refractivity contribution in [3.05, 3.63) is 0 Å². The Bertz CT molecular complexity index is 226. The number of piperidine rings is 1. The highest BCUT2D eigenvalue weighted by Crippen LogP contribution is 2.33. The van der Waals surface area contributed by atoms with E-state index in [0.29, 0.717) is 19.3 Å². The number of carbonyl (C=O) groups is 1. The van der Waals surface area contributed by atoms with Gasteiger partial charge in [0.15, 0.2) is 6.10 Å². The van der Waals surface area contributed by atoms with Crippen LogP contribution in [0.3, 0.4) is 0 Å². The largest absolute Gasteiger partial charge is 0.414 e. The lowest BCUT2D eigenvalue weighted by atomic mass is 9.91. The maximum absolute atomic E-state index is 12.5. The summed E-state index contributed by atoms with van der Waals surface area (Å²) >= 11 is 0. The van der Waals surface area contributed by atoms with Crippen LogP contribution < -0.4 is 0 Å². The molecule has 1 atom stereocenters. The fourth-order valence-corrected chi connectivity index (χ4v) is 1.92. The third-order valence-corrected chi connectivity index (χ3v) is 2.93. The molecule has 18 heavy (non-hydrogen) atoms. The number of aldehydes is 1. The second-order valence-electron chi connectivity index (χ2n) is 4.41. The van der Waals surface area contributed by atoms with E-state index in [0.717, 1.165) is 26.5 Å². The van der Waals surface area contributed by atoms with Gasteiger partial charge in [0.1, 0.15) is 6.29 Å². The van der Waals surface area contributed by atoms with Gasteiger partial charge in [0.2, 0.25) is 0 Å². The van der Waals surface area contributed by atoms with E-state index < -0.39 is 12.3 Å². The number of carbonyl (C=O) groups excluding carboxylic acids is 1. The van der Waals surface area contributed by atoms with Crippen molar-refractivity contribution in [2.24, 2.45) is 5.92 Å². The third-order valence-electron chi connectivity index (χ3n) is 2.93. The summed E-state index contributed by atoms with van der Waals surface area (Å²) in [6.45, 7) is 3.26. The predicted molar refractivity (Wildman–Crippen MR) is 63.4 cm³/mol. The molecule has 1 rings (SSSR count). The first-order valence-electron chi connectivity index (χ1n) is 6.08. The SMILES string of the molecule is CCC=O.COC(C1CCN(C)CC1)C(F)(F)F. The van der Waals surface area contributed by atoms with E-state index in [4.69, 9.17) is 0 Å². The normalized spacial score (nSPS) is 19.9. The molecule has 0 amide bonds. The van der Waals surface area contributed by atoms with E-state index in [1.807, 2.05) is 18.9 Å². The quantitative estimate of drug-likeness (QED) is 0.737. The Morgan fingerprint density at radius 1 is 1.39 bits per heavy atom. The Labute approximate surface area is 106 Å². The van der Waals surface area contributed by atoms with E-state index in [2.05, 4.69) is 4.74 Å². The number of hydrogen-bond acceptors (Lipinski definition) is 3. The minimum absolute atomic E-state index is 0.379. The van der Waals surface area contributed by atoms with Crippen LogP contribution in [0.4, 0.5) is 13.2 Å². The monoisotopic (exact) mass is 269 g/mol. The lowest BCUT2D eigenvalue weighted by Gasteiger charge is -2.34. The highest BCUT2D eigenvalue weighted by molar-refractivity contribution is 5.48. The standard InChI is InChI=1S/C9H16F3NO.C3H6O/c1-13-5-3-7(4-6-13)8(14-2)9(10,11)12;1-2-3-4/h7-8H,3-6H2,1-2H3;3H,2H2,1H3. The number of rotatable bonds is 3. The molecule has 1 fully saturated rings. The number of halogens is 3. The Balaban J connectivity index is 0.000000631. The van der Waals surface area contributed by atoms with Crippen molar-refractivity contribution >= 4 is 6.29 Å². The molecule has 0 aliphatic carbocycles. The molecule has 1 aliphatic heterocycles. The number of alkyl halides is 3. The molecule has 0 N–H and O–H groups in total. The van der Waals surface area contributed by atoms with Crippen molar-refractivity contribution in [3.8, 4) is 0 Å². The summed E-state index contributed by atoms with van der Waals surface area (Å²) in [7, 11) is 3.06. The number of methoxy groups -OCH3 is 1. The van der Waals surface area contributed by atoms with Crippen LogP contribution in [-0.2, 0) is 9.53 Å². The lowest BCUT2D eigenvalue weighted by molar-refractivity contribution is -0.231. The van der Waals surface area contributed by atoms with Gasteiger partial charge in [-0.05, 0) is 38.9 Å². The number of nitrogens with zero attached hydrogens (tertiary/aromatic N) is 1. The zero-order chi connectivity index (χ0) is 14.2. The molecule has 3 nitrogen and oxygen atoms in total. The van der Waals surface area contributed by atoms with E-state index in [1.165, 1.54) is 0 Å². The average molecular weight is 269 g/mol. The summed E-state index contributed by atoms with van der Waals surface area (Å²) in [4.78, 5) is 11.2. The Kier molecular flexibility index (Phi) is 8.18. The molecule has 0 spiro atoms. The molecular weight excluding hydrogens is 247 g/mol. The van der Waals surface area contributed by atoms with Crippen LogP contribution in [0, 0.1) is 5.92 Å². The maximum Gasteiger partial charge on any atom is 0.414 e. The van der Waals surface area contributed by atoms with Crippen LogP contribution in [-0.4, -0.2) is 50.7 Å². The predicted octanol–water partition coefficient (Wildman–Crippen LogP) is 2.50. The van der Waals surface area contributed by atoms with Crippen molar-refractivity contribution in [2.45, 2.75) is 38.5 Å². The van der Waals surface area contributed by atoms with Crippen molar-refractivity contribution in [1.82, 2.24) is 4.90 Å². The molecule has 0 radical (unpaired) electrons. The van der Waals surface area contributed by atoms with Crippen LogP contribution in [0.15, 0.2) is 0 Å². The molecule has 0 aromatic rings. The first-order chi connectivity index (χ1) is 8.36. The molecule has 0 aromatic heterocycles. The molecular formula is C12H22F3NO2. The summed E-state index contributed by atoms with van der Waals surface area (Å²) in [5.74, 6) is -0.379. The molecule has 0 saturated carbocycles. The van der Waals surface area contributed by atoms with Crippen LogP contribution >= 0.6 is 0 Å². The summed E-state index contributed by atoms with van der Waals surface area (Å²) in [6, 6.07) is 0. The van der Waals surface area contributed by atoms with Gasteiger partial charge >= 0.3 is 6.18 Å². The van der Waals surface area contributed by atoms with Crippen LogP contribution in [0.5, 0.6) is 0 Å². The smallest absolute Gasteiger partial charge is 0.372 e. The first kappa shape index (κ1) is 17.4. The highest BCUT2D eigenvalue weighted by Gasteiger charge is 2.45. The fraction of sp³-hybridized carbons (Fsp3) is 0.917. The van der Waals surface area contributed by atoms with Crippen molar-refractivity contribution in [2.75, 3.05) is 27.2 Å². The molecule has 0 aromatic carbocycles. The molecule has 1 heterocycles. The second-order valence-corrected chi connectivity index (χ2v) is 4.41. The molecule has 1 saturated heterocycles. The topological polar surface area (TPSA) is 29.5 Å². The fourth-order valence-electron chi connectivity index (χ4n) is 1.92. The van der Waals surface area contributed by atoms with Gasteiger partial charge in [0, 0.05) is 13.5 Å². The van der Waals surface area contributed by atoms with Gasteiger partial charge in [-0.1, -0.05) is 6.92 Å². The average Bonchev–Trinajstić information content (AvgIpc) is 2.31. The number of hydrogen-bond donors (Lipinski definition) is 0. The Morgan fingerprint density at radius 3 is 2.11 bits per heavy atom. The van der Waals surface area contributed by atoms with Crippen molar-refractivity contribution in [3.63, 3.8) is 0 Å². The van der Waals surface area contributed by atoms with Gasteiger partial charge < -0.3 is 14.4 Å². The van der Waals surface area contributed by atoms with Gasteiger partial charge in [-0.15, -0.1) is 0 Å². The maximum atomic E-state index is 12.5. The van der Waals surface area contributed by atoms with Crippen molar-refractivity contribution < 1.29 is 22.7 Å². The molecule has 1 aliphatic rings. The summed E-state index contributed by atoms with van der Waals surface area (Å²) in [6.07, 6.45) is -3.17. The van der Waals surface area contributed by atoms with Gasteiger partial charge in [-0.2, -0.15) is 13.2 Å². The minimum Gasteiger partial charge on any atom is -0.372 e. The lowest BCUT2D eigenvalue weighted by Crippen LogP contribution is -2.43. The van der Waals surface area contributed by atoms with Crippen molar-refractivity contribution in [1.29, 1.82) is 0 Å². The minimum atomic E-state index is -4.23. The van der Waals surface area contributed by atoms with Gasteiger partial charge in [0.05, 0.1) is 0 Å². The zero-order valence-corrected chi connectivity index (χ0v) is 11.2. The first-order valence-corrected chi connectivity index (χ1v) is 6.08. The molecule has 108 valence electrons. The molecule has 6 heteroatoms. The second kappa shape index (κ2) is 8.48. The van der Waals surface area contributed by atoms with Crippen LogP contribution in [0.1, 0.15) is 26.2 Å². The van der Waals surface area contributed by atoms with E-state index in [-0.39, 0.29) is 5.92 Å². The van der Waals surface area contributed by atoms with Gasteiger partial charge in [-0.25, -0.2) is 0 Å². The van der Waals surface area contributed by atoms with E-state index in [9.17, 15) is 18.0 Å². The Hall–Kier alpha value is -0.620. The van der Waals surface area contributed by atoms with E-state index >= 15 is 0 Å². The summed E-state index contributed by atoms with van der Waals surface area (Å²) in [5.41, 5.74) is 0. The number of ether oxygens (including phenoxy) is 1. The number of likely N-dealkylation sites (tertiary alicyclic amines) is 1. The van der Waals surface area contributed by atoms with Crippen LogP contribution in [0.25, 0.3) is 0 Å². The van der Waals surface area contributed by atoms with Gasteiger partial charge in [-0.3, -0.25) is 0 Å². The third kappa shape index (κ3) is 6.35. The molecule has 0 bridgehead atoms. The summed E-state index contributed by atoms with van der Waals surface area (Å²) < 4.78 is 41.9. The van der Waals surface area contributed by atoms with Crippen LogP contribution in [0.2, 0.25) is 0 Å². The molecule has 1 unspecified atom stereocenters. The Morgan fingerprint density at radius 2 is 1.83 bits per heavy atom.